The number of alkyl halides is 3. The van der Waals surface area contributed by atoms with Crippen LogP contribution in [-0.2, 0) is 16.0 Å². The van der Waals surface area contributed by atoms with Gasteiger partial charge in [0, 0.05) is 17.0 Å². The highest BCUT2D eigenvalue weighted by molar-refractivity contribution is 7.90. The molecule has 2 amide bonds. The molecule has 0 aliphatic carbocycles. The molecule has 0 radical (unpaired) electrons. The van der Waals surface area contributed by atoms with Crippen LogP contribution in [0.25, 0.3) is 11.0 Å². The number of rotatable bonds is 5. The third-order valence-electron chi connectivity index (χ3n) is 5.62. The number of benzene rings is 3. The van der Waals surface area contributed by atoms with Gasteiger partial charge in [-0.2, -0.15) is 13.2 Å². The van der Waals surface area contributed by atoms with Crippen LogP contribution in [0, 0.1) is 6.92 Å². The fourth-order valence-corrected chi connectivity index (χ4v) is 4.39. The molecule has 0 bridgehead atoms. The van der Waals surface area contributed by atoms with E-state index in [2.05, 4.69) is 15.3 Å². The van der Waals surface area contributed by atoms with Crippen LogP contribution in [0.15, 0.2) is 59.8 Å². The maximum Gasteiger partial charge on any atom is 0.417 e. The Hall–Kier alpha value is -3.94. The van der Waals surface area contributed by atoms with Gasteiger partial charge in [0.15, 0.2) is 0 Å². The Labute approximate surface area is 219 Å². The molecule has 9 nitrogen and oxygen atoms in total. The monoisotopic (exact) mass is 565 g/mol. The number of aromatic nitrogens is 2. The van der Waals surface area contributed by atoms with E-state index in [1.165, 1.54) is 12.1 Å². The first-order chi connectivity index (χ1) is 17.7. The average molecular weight is 566 g/mol. The summed E-state index contributed by atoms with van der Waals surface area (Å²) in [6.07, 6.45) is -3.93. The van der Waals surface area contributed by atoms with Crippen molar-refractivity contribution >= 4 is 55.7 Å². The molecule has 38 heavy (non-hydrogen) atoms. The lowest BCUT2D eigenvalue weighted by molar-refractivity contribution is -0.137. The van der Waals surface area contributed by atoms with Crippen LogP contribution in [-0.4, -0.2) is 36.5 Å². The molecule has 3 aromatic carbocycles. The van der Waals surface area contributed by atoms with Gasteiger partial charge in [-0.25, -0.2) is 24.3 Å². The summed E-state index contributed by atoms with van der Waals surface area (Å²) in [5.74, 6) is 3.98. The molecule has 0 saturated carbocycles. The van der Waals surface area contributed by atoms with Gasteiger partial charge in [-0.05, 0) is 48.9 Å². The van der Waals surface area contributed by atoms with Gasteiger partial charge in [0.05, 0.1) is 27.9 Å². The van der Waals surface area contributed by atoms with Crippen LogP contribution in [0.4, 0.5) is 24.5 Å². The third-order valence-corrected chi connectivity index (χ3v) is 6.93. The number of anilines is 2. The number of nitrogens with one attached hydrogen (secondary N) is 2. The van der Waals surface area contributed by atoms with E-state index in [1.54, 1.807) is 25.1 Å². The molecule has 198 valence electrons. The largest absolute Gasteiger partial charge is 0.417 e. The number of nitrogens with zero attached hydrogens (tertiary/aromatic N) is 2. The lowest BCUT2D eigenvalue weighted by atomic mass is 10.1. The van der Waals surface area contributed by atoms with E-state index in [-0.39, 0.29) is 22.3 Å². The molecule has 0 fully saturated rings. The lowest BCUT2D eigenvalue weighted by Crippen LogP contribution is -2.38. The zero-order chi connectivity index (χ0) is 28.0. The van der Waals surface area contributed by atoms with Crippen molar-refractivity contribution in [1.29, 1.82) is 0 Å². The van der Waals surface area contributed by atoms with Gasteiger partial charge in [-0.1, -0.05) is 29.8 Å². The lowest BCUT2D eigenvalue weighted by Gasteiger charge is -2.20. The summed E-state index contributed by atoms with van der Waals surface area (Å²) < 4.78 is 64.7. The fraction of sp³-hybridized carbons (Fsp3) is 0.125. The van der Waals surface area contributed by atoms with Crippen molar-refractivity contribution in [3.05, 3.63) is 81.9 Å². The SMILES string of the molecule is Cc1c(Cl)cccc1NC(=O)c1cc(N(N)C(=O)c2ccccc2C(F)(F)F)cc2[nH]c(S(C)(=O)=O)nc12. The fourth-order valence-electron chi connectivity index (χ4n) is 3.66. The Morgan fingerprint density at radius 3 is 2.42 bits per heavy atom. The van der Waals surface area contributed by atoms with Crippen LogP contribution in [0.2, 0.25) is 5.02 Å². The maximum absolute atomic E-state index is 13.5. The minimum Gasteiger partial charge on any atom is -0.329 e. The van der Waals surface area contributed by atoms with E-state index in [4.69, 9.17) is 17.4 Å². The summed E-state index contributed by atoms with van der Waals surface area (Å²) in [6, 6.07) is 11.2. The summed E-state index contributed by atoms with van der Waals surface area (Å²) in [5, 5.41) is 3.00. The first-order valence-corrected chi connectivity index (χ1v) is 13.0. The molecule has 0 aliphatic rings. The smallest absolute Gasteiger partial charge is 0.329 e. The van der Waals surface area contributed by atoms with E-state index in [0.29, 0.717) is 21.3 Å². The minimum atomic E-state index is -4.83. The van der Waals surface area contributed by atoms with Crippen molar-refractivity contribution in [3.63, 3.8) is 0 Å². The number of carbonyl (C=O) groups is 2. The standard InChI is InChI=1S/C24H19ClF3N5O4S/c1-12-17(25)8-5-9-18(12)30-21(34)15-10-13(11-19-20(15)32-23(31-19)38(2,36)37)33(29)22(35)14-6-3-4-7-16(14)24(26,27)28/h3-11H,29H2,1-2H3,(H,30,34)(H,31,32). The van der Waals surface area contributed by atoms with Gasteiger partial charge >= 0.3 is 6.18 Å². The van der Waals surface area contributed by atoms with E-state index in [9.17, 15) is 31.2 Å². The number of hydrogen-bond acceptors (Lipinski definition) is 6. The number of amides is 2. The van der Waals surface area contributed by atoms with Crippen LogP contribution in [0.5, 0.6) is 0 Å². The van der Waals surface area contributed by atoms with Crippen molar-refractivity contribution in [2.24, 2.45) is 5.84 Å². The van der Waals surface area contributed by atoms with E-state index in [1.807, 2.05) is 0 Å². The normalized spacial score (nSPS) is 12.0. The predicted molar refractivity (Wildman–Crippen MR) is 136 cm³/mol. The number of imidazole rings is 1. The number of fused-ring (bicyclic) bond motifs is 1. The number of carbonyl (C=O) groups excluding carboxylic acids is 2. The van der Waals surface area contributed by atoms with Gasteiger partial charge in [0.2, 0.25) is 15.0 Å². The zero-order valence-electron chi connectivity index (χ0n) is 19.7. The van der Waals surface area contributed by atoms with Gasteiger partial charge in [0.1, 0.15) is 5.52 Å². The van der Waals surface area contributed by atoms with Gasteiger partial charge in [-0.3, -0.25) is 9.59 Å². The highest BCUT2D eigenvalue weighted by Gasteiger charge is 2.36. The first kappa shape index (κ1) is 27.1. The number of halogens is 4. The van der Waals surface area contributed by atoms with E-state index < -0.39 is 44.1 Å². The van der Waals surface area contributed by atoms with Gasteiger partial charge in [-0.15, -0.1) is 0 Å². The Morgan fingerprint density at radius 1 is 1.08 bits per heavy atom. The molecule has 1 heterocycles. The molecular weight excluding hydrogens is 547 g/mol. The predicted octanol–water partition coefficient (Wildman–Crippen LogP) is 4.72. The van der Waals surface area contributed by atoms with Crippen LogP contribution < -0.4 is 16.2 Å². The number of hydrogen-bond donors (Lipinski definition) is 3. The Morgan fingerprint density at radius 2 is 1.76 bits per heavy atom. The summed E-state index contributed by atoms with van der Waals surface area (Å²) in [4.78, 5) is 32.9. The summed E-state index contributed by atoms with van der Waals surface area (Å²) in [7, 11) is -3.85. The third kappa shape index (κ3) is 5.21. The molecule has 1 aromatic heterocycles. The number of sulfone groups is 1. The minimum absolute atomic E-state index is 0.00301. The summed E-state index contributed by atoms with van der Waals surface area (Å²) in [5.41, 5.74) is -1.48. The van der Waals surface area contributed by atoms with Crippen molar-refractivity contribution in [2.45, 2.75) is 18.3 Å². The maximum atomic E-state index is 13.5. The van der Waals surface area contributed by atoms with Crippen molar-refractivity contribution < 1.29 is 31.2 Å². The first-order valence-electron chi connectivity index (χ1n) is 10.7. The Balaban J connectivity index is 1.84. The average Bonchev–Trinajstić information content (AvgIpc) is 3.30. The van der Waals surface area contributed by atoms with Gasteiger partial charge < -0.3 is 10.3 Å². The molecular formula is C24H19ClF3N5O4S. The highest BCUT2D eigenvalue weighted by Crippen LogP contribution is 2.33. The Bertz CT molecular complexity index is 1700. The zero-order valence-corrected chi connectivity index (χ0v) is 21.3. The van der Waals surface area contributed by atoms with Crippen molar-refractivity contribution in [1.82, 2.24) is 9.97 Å². The second kappa shape index (κ2) is 9.74. The van der Waals surface area contributed by atoms with Crippen molar-refractivity contribution in [3.8, 4) is 0 Å². The number of nitrogens with two attached hydrogens (primary N) is 1. The van der Waals surface area contributed by atoms with E-state index in [0.717, 1.165) is 30.5 Å². The highest BCUT2D eigenvalue weighted by atomic mass is 35.5. The molecule has 0 unspecified atom stereocenters. The molecule has 14 heteroatoms. The molecule has 0 atom stereocenters. The van der Waals surface area contributed by atoms with E-state index >= 15 is 0 Å². The topological polar surface area (TPSA) is 138 Å². The van der Waals surface area contributed by atoms with Crippen LogP contribution in [0.3, 0.4) is 0 Å². The number of aromatic amines is 1. The Kier molecular flexibility index (Phi) is 6.95. The van der Waals surface area contributed by atoms with Crippen LogP contribution >= 0.6 is 11.6 Å². The second-order valence-electron chi connectivity index (χ2n) is 8.29. The number of hydrazine groups is 1. The van der Waals surface area contributed by atoms with Crippen molar-refractivity contribution in [2.75, 3.05) is 16.6 Å². The molecule has 4 rings (SSSR count). The second-order valence-corrected chi connectivity index (χ2v) is 10.6. The summed E-state index contributed by atoms with van der Waals surface area (Å²) >= 11 is 6.12. The molecule has 4 N–H and O–H groups in total. The van der Waals surface area contributed by atoms with Gasteiger partial charge in [0.25, 0.3) is 11.8 Å². The number of H-pyrrole nitrogens is 1. The molecule has 4 aromatic rings. The molecule has 0 saturated heterocycles. The summed E-state index contributed by atoms with van der Waals surface area (Å²) in [6.45, 7) is 1.67. The van der Waals surface area contributed by atoms with Crippen LogP contribution in [0.1, 0.15) is 31.8 Å². The molecule has 0 aliphatic heterocycles. The quantitative estimate of drug-likeness (QED) is 0.182. The molecule has 0 spiro atoms.